The van der Waals surface area contributed by atoms with E-state index in [1.54, 1.807) is 23.7 Å². The molecule has 0 aromatic carbocycles. The van der Waals surface area contributed by atoms with Crippen molar-refractivity contribution in [2.24, 2.45) is 0 Å². The third-order valence-electron chi connectivity index (χ3n) is 2.73. The molecule has 0 atom stereocenters. The number of fused-ring (bicyclic) bond motifs is 1. The molecule has 0 unspecified atom stereocenters. The van der Waals surface area contributed by atoms with Crippen molar-refractivity contribution in [3.8, 4) is 0 Å². The molecular formula is C13H18N4O2. The summed E-state index contributed by atoms with van der Waals surface area (Å²) in [6, 6.07) is 1.79. The standard InChI is InChI=1S/C13H18N4O2/c1-3-5-7-14-12-10(13(18)19-4-2)9-15-11-6-8-16-17(11)12/h6,8-9,14H,3-5,7H2,1-2H3. The minimum atomic E-state index is -0.383. The van der Waals surface area contributed by atoms with Gasteiger partial charge in [0.2, 0.25) is 0 Å². The highest BCUT2D eigenvalue weighted by Crippen LogP contribution is 2.17. The molecule has 0 aliphatic carbocycles. The summed E-state index contributed by atoms with van der Waals surface area (Å²) in [6.45, 7) is 5.01. The monoisotopic (exact) mass is 262 g/mol. The number of rotatable bonds is 6. The second kappa shape index (κ2) is 6.17. The fourth-order valence-electron chi connectivity index (χ4n) is 1.78. The summed E-state index contributed by atoms with van der Waals surface area (Å²) in [4.78, 5) is 16.1. The molecule has 2 heterocycles. The van der Waals surface area contributed by atoms with Crippen molar-refractivity contribution in [3.05, 3.63) is 24.0 Å². The van der Waals surface area contributed by atoms with E-state index in [1.165, 1.54) is 6.20 Å². The zero-order chi connectivity index (χ0) is 13.7. The topological polar surface area (TPSA) is 68.5 Å². The van der Waals surface area contributed by atoms with E-state index in [-0.39, 0.29) is 5.97 Å². The van der Waals surface area contributed by atoms with Crippen molar-refractivity contribution in [2.75, 3.05) is 18.5 Å². The molecule has 0 saturated carbocycles. The minimum absolute atomic E-state index is 0.338. The van der Waals surface area contributed by atoms with Crippen molar-refractivity contribution in [1.82, 2.24) is 14.6 Å². The Balaban J connectivity index is 2.37. The van der Waals surface area contributed by atoms with Crippen LogP contribution in [0, 0.1) is 0 Å². The first-order valence-electron chi connectivity index (χ1n) is 6.51. The van der Waals surface area contributed by atoms with Gasteiger partial charge in [-0.25, -0.2) is 9.78 Å². The van der Waals surface area contributed by atoms with E-state index < -0.39 is 0 Å². The zero-order valence-corrected chi connectivity index (χ0v) is 11.2. The molecular weight excluding hydrogens is 244 g/mol. The molecule has 102 valence electrons. The second-order valence-corrected chi connectivity index (χ2v) is 4.12. The first-order chi connectivity index (χ1) is 9.27. The van der Waals surface area contributed by atoms with Crippen LogP contribution in [0.25, 0.3) is 5.65 Å². The first kappa shape index (κ1) is 13.3. The predicted octanol–water partition coefficient (Wildman–Crippen LogP) is 2.12. The van der Waals surface area contributed by atoms with Crippen LogP contribution in [0.15, 0.2) is 18.5 Å². The van der Waals surface area contributed by atoms with Gasteiger partial charge in [0.05, 0.1) is 12.8 Å². The number of ether oxygens (including phenoxy) is 1. The summed E-state index contributed by atoms with van der Waals surface area (Å²) in [7, 11) is 0. The summed E-state index contributed by atoms with van der Waals surface area (Å²) in [6.07, 6.45) is 5.29. The van der Waals surface area contributed by atoms with Gasteiger partial charge in [-0.3, -0.25) is 0 Å². The molecule has 2 rings (SSSR count). The number of unbranched alkanes of at least 4 members (excludes halogenated alkanes) is 1. The molecule has 0 amide bonds. The van der Waals surface area contributed by atoms with E-state index in [9.17, 15) is 4.79 Å². The Kier molecular flexibility index (Phi) is 4.33. The molecule has 0 aliphatic rings. The van der Waals surface area contributed by atoms with Gasteiger partial charge in [0.1, 0.15) is 11.4 Å². The lowest BCUT2D eigenvalue weighted by molar-refractivity contribution is 0.0526. The predicted molar refractivity (Wildman–Crippen MR) is 72.3 cm³/mol. The molecule has 6 heteroatoms. The lowest BCUT2D eigenvalue weighted by Gasteiger charge is -2.12. The molecule has 0 radical (unpaired) electrons. The number of anilines is 1. The fraction of sp³-hybridized carbons (Fsp3) is 0.462. The van der Waals surface area contributed by atoms with Gasteiger partial charge in [0.15, 0.2) is 5.65 Å². The van der Waals surface area contributed by atoms with E-state index in [4.69, 9.17) is 4.74 Å². The first-order valence-corrected chi connectivity index (χ1v) is 6.51. The maximum Gasteiger partial charge on any atom is 0.343 e. The van der Waals surface area contributed by atoms with Crippen molar-refractivity contribution in [1.29, 1.82) is 0 Å². The van der Waals surface area contributed by atoms with Gasteiger partial charge in [-0.1, -0.05) is 13.3 Å². The Morgan fingerprint density at radius 1 is 1.47 bits per heavy atom. The lowest BCUT2D eigenvalue weighted by Crippen LogP contribution is -2.15. The van der Waals surface area contributed by atoms with E-state index in [1.807, 2.05) is 0 Å². The van der Waals surface area contributed by atoms with Crippen LogP contribution >= 0.6 is 0 Å². The molecule has 2 aromatic heterocycles. The van der Waals surface area contributed by atoms with Crippen LogP contribution in [0.5, 0.6) is 0 Å². The molecule has 0 spiro atoms. The van der Waals surface area contributed by atoms with Crippen molar-refractivity contribution < 1.29 is 9.53 Å². The van der Waals surface area contributed by atoms with Gasteiger partial charge in [-0.2, -0.15) is 9.61 Å². The maximum absolute atomic E-state index is 11.9. The third-order valence-corrected chi connectivity index (χ3v) is 2.73. The van der Waals surface area contributed by atoms with Gasteiger partial charge >= 0.3 is 5.97 Å². The largest absolute Gasteiger partial charge is 0.462 e. The van der Waals surface area contributed by atoms with Gasteiger partial charge in [-0.05, 0) is 13.3 Å². The van der Waals surface area contributed by atoms with Crippen molar-refractivity contribution >= 4 is 17.4 Å². The number of hydrogen-bond donors (Lipinski definition) is 1. The van der Waals surface area contributed by atoms with Crippen molar-refractivity contribution in [3.63, 3.8) is 0 Å². The molecule has 1 N–H and O–H groups in total. The number of carbonyl (C=O) groups is 1. The van der Waals surface area contributed by atoms with E-state index in [0.717, 1.165) is 19.4 Å². The quantitative estimate of drug-likeness (QED) is 0.638. The van der Waals surface area contributed by atoms with E-state index in [0.29, 0.717) is 23.6 Å². The van der Waals surface area contributed by atoms with Crippen LogP contribution in [0.2, 0.25) is 0 Å². The molecule has 19 heavy (non-hydrogen) atoms. The summed E-state index contributed by atoms with van der Waals surface area (Å²) < 4.78 is 6.67. The highest BCUT2D eigenvalue weighted by Gasteiger charge is 2.16. The molecule has 0 bridgehead atoms. The number of carbonyl (C=O) groups excluding carboxylic acids is 1. The Hall–Kier alpha value is -2.11. The summed E-state index contributed by atoms with van der Waals surface area (Å²) in [5, 5.41) is 7.43. The van der Waals surface area contributed by atoms with Crippen LogP contribution < -0.4 is 5.32 Å². The number of esters is 1. The SMILES string of the molecule is CCCCNc1c(C(=O)OCC)cnc2ccnn12. The summed E-state index contributed by atoms with van der Waals surface area (Å²) >= 11 is 0. The van der Waals surface area contributed by atoms with Gasteiger partial charge in [0.25, 0.3) is 0 Å². The highest BCUT2D eigenvalue weighted by molar-refractivity contribution is 5.94. The summed E-state index contributed by atoms with van der Waals surface area (Å²) in [5.41, 5.74) is 1.11. The summed E-state index contributed by atoms with van der Waals surface area (Å²) in [5.74, 6) is 0.258. The molecule has 0 saturated heterocycles. The Morgan fingerprint density at radius 3 is 3.05 bits per heavy atom. The van der Waals surface area contributed by atoms with Gasteiger partial charge in [-0.15, -0.1) is 0 Å². The molecule has 6 nitrogen and oxygen atoms in total. The average Bonchev–Trinajstić information content (AvgIpc) is 2.88. The van der Waals surface area contributed by atoms with Crippen LogP contribution in [0.4, 0.5) is 5.82 Å². The average molecular weight is 262 g/mol. The van der Waals surface area contributed by atoms with E-state index in [2.05, 4.69) is 22.3 Å². The normalized spacial score (nSPS) is 10.6. The highest BCUT2D eigenvalue weighted by atomic mass is 16.5. The van der Waals surface area contributed by atoms with Crippen LogP contribution in [0.1, 0.15) is 37.0 Å². The number of hydrogen-bond acceptors (Lipinski definition) is 5. The molecule has 2 aromatic rings. The Labute approximate surface area is 111 Å². The second-order valence-electron chi connectivity index (χ2n) is 4.12. The van der Waals surface area contributed by atoms with E-state index >= 15 is 0 Å². The van der Waals surface area contributed by atoms with Crippen LogP contribution in [-0.2, 0) is 4.74 Å². The maximum atomic E-state index is 11.9. The number of nitrogens with one attached hydrogen (secondary N) is 1. The molecule has 0 fully saturated rings. The fourth-order valence-corrected chi connectivity index (χ4v) is 1.78. The lowest BCUT2D eigenvalue weighted by atomic mass is 10.3. The number of nitrogens with zero attached hydrogens (tertiary/aromatic N) is 3. The minimum Gasteiger partial charge on any atom is -0.462 e. The van der Waals surface area contributed by atoms with Gasteiger partial charge in [0, 0.05) is 18.8 Å². The zero-order valence-electron chi connectivity index (χ0n) is 11.2. The van der Waals surface area contributed by atoms with Gasteiger partial charge < -0.3 is 10.1 Å². The Morgan fingerprint density at radius 2 is 2.32 bits per heavy atom. The molecule has 0 aliphatic heterocycles. The smallest absolute Gasteiger partial charge is 0.343 e. The van der Waals surface area contributed by atoms with Crippen LogP contribution in [-0.4, -0.2) is 33.7 Å². The Bertz CT molecular complexity index is 565. The number of aromatic nitrogens is 3. The third kappa shape index (κ3) is 2.83. The van der Waals surface area contributed by atoms with Crippen LogP contribution in [0.3, 0.4) is 0 Å². The van der Waals surface area contributed by atoms with Crippen molar-refractivity contribution in [2.45, 2.75) is 26.7 Å².